The Morgan fingerprint density at radius 1 is 1.32 bits per heavy atom. The Hall–Kier alpha value is -2.46. The molecule has 0 aliphatic heterocycles. The third kappa shape index (κ3) is 4.77. The van der Waals surface area contributed by atoms with E-state index in [2.05, 4.69) is 19.9 Å². The summed E-state index contributed by atoms with van der Waals surface area (Å²) < 4.78 is 5.25. The molecule has 0 saturated carbocycles. The van der Waals surface area contributed by atoms with Gasteiger partial charge < -0.3 is 26.3 Å². The fourth-order valence-electron chi connectivity index (χ4n) is 2.34. The van der Waals surface area contributed by atoms with Crippen molar-refractivity contribution in [1.29, 1.82) is 0 Å². The van der Waals surface area contributed by atoms with E-state index < -0.39 is 17.6 Å². The largest absolute Gasteiger partial charge is 0.464 e. The van der Waals surface area contributed by atoms with Crippen molar-refractivity contribution in [3.63, 3.8) is 0 Å². The molecule has 2 aromatic rings. The number of aliphatic hydroxyl groups is 1. The highest BCUT2D eigenvalue weighted by atomic mass is 16.5. The molecule has 25 heavy (non-hydrogen) atoms. The van der Waals surface area contributed by atoms with Crippen molar-refractivity contribution >= 4 is 23.1 Å². The van der Waals surface area contributed by atoms with Gasteiger partial charge in [-0.25, -0.2) is 4.98 Å². The van der Waals surface area contributed by atoms with Gasteiger partial charge >= 0.3 is 5.97 Å². The molecule has 0 radical (unpaired) electrons. The monoisotopic (exact) mass is 352 g/mol. The zero-order valence-electron chi connectivity index (χ0n) is 14.3. The number of H-pyrrole nitrogens is 2. The smallest absolute Gasteiger partial charge is 0.323 e. The van der Waals surface area contributed by atoms with E-state index in [1.54, 1.807) is 0 Å². The number of fused-ring (bicyclic) bond motifs is 1. The Labute approximate surface area is 144 Å². The summed E-state index contributed by atoms with van der Waals surface area (Å²) in [6.45, 7) is 3.71. The molecule has 2 rings (SSSR count). The molecular weight excluding hydrogens is 328 g/mol. The lowest BCUT2D eigenvalue weighted by Gasteiger charge is -2.18. The molecule has 2 aromatic heterocycles. The van der Waals surface area contributed by atoms with Crippen molar-refractivity contribution in [2.45, 2.75) is 32.7 Å². The number of carbonyl (C=O) groups is 1. The summed E-state index contributed by atoms with van der Waals surface area (Å²) in [5.74, 6) is -0.193. The van der Waals surface area contributed by atoms with Gasteiger partial charge in [-0.05, 0) is 12.3 Å². The second-order valence-corrected chi connectivity index (χ2v) is 6.32. The lowest BCUT2D eigenvalue weighted by atomic mass is 10.0. The first-order valence-electron chi connectivity index (χ1n) is 8.09. The fourth-order valence-corrected chi connectivity index (χ4v) is 2.34. The first-order valence-corrected chi connectivity index (χ1v) is 8.09. The van der Waals surface area contributed by atoms with E-state index in [0.717, 1.165) is 0 Å². The maximum absolute atomic E-state index is 11.9. The number of nitrogen functional groups attached to an aromatic ring is 1. The van der Waals surface area contributed by atoms with Crippen LogP contribution in [0.1, 0.15) is 26.1 Å². The van der Waals surface area contributed by atoms with Gasteiger partial charge in [0.05, 0.1) is 6.61 Å². The summed E-state index contributed by atoms with van der Waals surface area (Å²) in [7, 11) is 0. The van der Waals surface area contributed by atoms with E-state index >= 15 is 0 Å². The standard InChI is InChI=1S/C15H24N6O4/c1-7(2)10(16)14(24)25-6-8(3-4-22)5-9-18-11-12(19-9)20-15(17)21-13(11)23/h7-8,10,22H,3-6,16H2,1-2H3,(H4,17,18,19,20,21,23)/t8?,10-/m0/s1. The second-order valence-electron chi connectivity index (χ2n) is 6.32. The average molecular weight is 352 g/mol. The Kier molecular flexibility index (Phi) is 6.10. The molecule has 1 unspecified atom stereocenters. The Morgan fingerprint density at radius 3 is 2.68 bits per heavy atom. The topological polar surface area (TPSA) is 173 Å². The molecule has 10 nitrogen and oxygen atoms in total. The molecule has 2 heterocycles. The number of nitrogens with two attached hydrogens (primary N) is 2. The quantitative estimate of drug-likeness (QED) is 0.388. The van der Waals surface area contributed by atoms with Crippen molar-refractivity contribution < 1.29 is 14.6 Å². The van der Waals surface area contributed by atoms with Crippen LogP contribution in [0, 0.1) is 11.8 Å². The molecule has 0 aliphatic rings. The Bertz CT molecular complexity index is 784. The molecule has 0 aliphatic carbocycles. The number of esters is 1. The van der Waals surface area contributed by atoms with Crippen molar-refractivity contribution in [2.75, 3.05) is 18.9 Å². The third-order valence-electron chi connectivity index (χ3n) is 3.90. The fraction of sp³-hybridized carbons (Fsp3) is 0.600. The van der Waals surface area contributed by atoms with Gasteiger partial charge in [0.2, 0.25) is 5.95 Å². The Morgan fingerprint density at radius 2 is 2.04 bits per heavy atom. The molecule has 0 bridgehead atoms. The van der Waals surface area contributed by atoms with Crippen LogP contribution in [0.4, 0.5) is 5.95 Å². The Balaban J connectivity index is 2.07. The molecule has 2 atom stereocenters. The molecule has 0 spiro atoms. The molecule has 7 N–H and O–H groups in total. The molecule has 0 aromatic carbocycles. The normalized spacial score (nSPS) is 14.0. The van der Waals surface area contributed by atoms with Crippen molar-refractivity contribution in [3.05, 3.63) is 16.2 Å². The highest BCUT2D eigenvalue weighted by Crippen LogP contribution is 2.14. The van der Waals surface area contributed by atoms with Crippen LogP contribution in [0.3, 0.4) is 0 Å². The summed E-state index contributed by atoms with van der Waals surface area (Å²) in [5, 5.41) is 9.22. The van der Waals surface area contributed by atoms with E-state index in [4.69, 9.17) is 16.2 Å². The van der Waals surface area contributed by atoms with Crippen LogP contribution in [-0.2, 0) is 16.0 Å². The number of rotatable bonds is 8. The van der Waals surface area contributed by atoms with E-state index in [1.807, 2.05) is 13.8 Å². The van der Waals surface area contributed by atoms with Gasteiger partial charge in [0.25, 0.3) is 5.56 Å². The number of carbonyl (C=O) groups excluding carboxylic acids is 1. The van der Waals surface area contributed by atoms with Gasteiger partial charge in [0.15, 0.2) is 11.2 Å². The highest BCUT2D eigenvalue weighted by molar-refractivity contribution is 5.75. The number of nitrogens with zero attached hydrogens (tertiary/aromatic N) is 2. The van der Waals surface area contributed by atoms with E-state index in [0.29, 0.717) is 18.7 Å². The summed E-state index contributed by atoms with van der Waals surface area (Å²) in [5.41, 5.74) is 11.3. The molecule has 0 fully saturated rings. The third-order valence-corrected chi connectivity index (χ3v) is 3.90. The van der Waals surface area contributed by atoms with Crippen molar-refractivity contribution in [1.82, 2.24) is 19.9 Å². The number of anilines is 1. The van der Waals surface area contributed by atoms with E-state index in [1.165, 1.54) is 0 Å². The zero-order chi connectivity index (χ0) is 18.6. The first-order chi connectivity index (χ1) is 11.8. The minimum atomic E-state index is -0.688. The summed E-state index contributed by atoms with van der Waals surface area (Å²) in [6, 6.07) is -0.688. The van der Waals surface area contributed by atoms with E-state index in [9.17, 15) is 14.7 Å². The van der Waals surface area contributed by atoms with Crippen LogP contribution in [-0.4, -0.2) is 50.3 Å². The van der Waals surface area contributed by atoms with Gasteiger partial charge in [-0.3, -0.25) is 14.6 Å². The number of aromatic amines is 2. The van der Waals surface area contributed by atoms with Gasteiger partial charge in [-0.1, -0.05) is 13.8 Å². The van der Waals surface area contributed by atoms with Gasteiger partial charge in [0.1, 0.15) is 11.9 Å². The van der Waals surface area contributed by atoms with Crippen LogP contribution in [0.25, 0.3) is 11.2 Å². The number of aromatic nitrogens is 4. The van der Waals surface area contributed by atoms with Crippen molar-refractivity contribution in [2.24, 2.45) is 17.6 Å². The van der Waals surface area contributed by atoms with Gasteiger partial charge in [0, 0.05) is 18.9 Å². The number of hydrogen-bond donors (Lipinski definition) is 5. The minimum Gasteiger partial charge on any atom is -0.464 e. The molecule has 138 valence electrons. The van der Waals surface area contributed by atoms with Crippen LogP contribution in [0.15, 0.2) is 4.79 Å². The number of imidazole rings is 1. The molecule has 0 amide bonds. The number of nitrogens with one attached hydrogen (secondary N) is 2. The predicted molar refractivity (Wildman–Crippen MR) is 91.6 cm³/mol. The first kappa shape index (κ1) is 18.9. The van der Waals surface area contributed by atoms with Crippen molar-refractivity contribution in [3.8, 4) is 0 Å². The lowest BCUT2D eigenvalue weighted by molar-refractivity contribution is -0.147. The van der Waals surface area contributed by atoms with Crippen LogP contribution in [0.5, 0.6) is 0 Å². The van der Waals surface area contributed by atoms with Crippen LogP contribution < -0.4 is 17.0 Å². The number of aliphatic hydroxyl groups excluding tert-OH is 1. The molecular formula is C15H24N6O4. The SMILES string of the molecule is CC(C)[C@H](N)C(=O)OCC(CCO)Cc1nc2nc(N)[nH]c(=O)c2[nH]1. The highest BCUT2D eigenvalue weighted by Gasteiger charge is 2.21. The maximum Gasteiger partial charge on any atom is 0.323 e. The second kappa shape index (κ2) is 8.08. The van der Waals surface area contributed by atoms with Gasteiger partial charge in [-0.2, -0.15) is 4.98 Å². The zero-order valence-corrected chi connectivity index (χ0v) is 14.3. The summed E-state index contributed by atoms with van der Waals surface area (Å²) >= 11 is 0. The summed E-state index contributed by atoms with van der Waals surface area (Å²) in [4.78, 5) is 37.1. The minimum absolute atomic E-state index is 0.0148. The average Bonchev–Trinajstić information content (AvgIpc) is 2.94. The maximum atomic E-state index is 11.9. The number of hydrogen-bond acceptors (Lipinski definition) is 8. The molecule has 10 heteroatoms. The predicted octanol–water partition coefficient (Wildman–Crippen LogP) is -0.704. The van der Waals surface area contributed by atoms with Crippen LogP contribution >= 0.6 is 0 Å². The van der Waals surface area contributed by atoms with Gasteiger partial charge in [-0.15, -0.1) is 0 Å². The lowest BCUT2D eigenvalue weighted by Crippen LogP contribution is -2.38. The number of ether oxygens (including phenoxy) is 1. The van der Waals surface area contributed by atoms with E-state index in [-0.39, 0.29) is 42.2 Å². The molecule has 0 saturated heterocycles. The summed E-state index contributed by atoms with van der Waals surface area (Å²) in [6.07, 6.45) is 0.785. The van der Waals surface area contributed by atoms with Crippen LogP contribution in [0.2, 0.25) is 0 Å².